The average molecular weight is 696 g/mol. The molecule has 0 saturated heterocycles. The van der Waals surface area contributed by atoms with Gasteiger partial charge in [-0.1, -0.05) is 159 Å². The van der Waals surface area contributed by atoms with Gasteiger partial charge >= 0.3 is 0 Å². The number of rotatable bonds is 3. The van der Waals surface area contributed by atoms with Gasteiger partial charge in [-0.25, -0.2) is 0 Å². The van der Waals surface area contributed by atoms with Gasteiger partial charge in [-0.15, -0.1) is 11.3 Å². The molecule has 53 heavy (non-hydrogen) atoms. The first-order valence-corrected chi connectivity index (χ1v) is 19.5. The maximum absolute atomic E-state index is 2.57. The lowest BCUT2D eigenvalue weighted by Gasteiger charge is -2.34. The van der Waals surface area contributed by atoms with E-state index in [0.29, 0.717) is 0 Å². The van der Waals surface area contributed by atoms with Crippen molar-refractivity contribution >= 4 is 48.6 Å². The van der Waals surface area contributed by atoms with Crippen LogP contribution >= 0.6 is 11.3 Å². The first-order chi connectivity index (χ1) is 26.1. The molecule has 0 aliphatic heterocycles. The minimum absolute atomic E-state index is 0.106. The molecule has 0 N–H and O–H groups in total. The van der Waals surface area contributed by atoms with E-state index in [4.69, 9.17) is 0 Å². The van der Waals surface area contributed by atoms with Crippen molar-refractivity contribution in [3.63, 3.8) is 0 Å². The molecule has 0 saturated carbocycles. The van der Waals surface area contributed by atoms with Crippen molar-refractivity contribution in [3.8, 4) is 33.4 Å². The second-order valence-electron chi connectivity index (χ2n) is 15.2. The largest absolute Gasteiger partial charge is 0.308 e. The van der Waals surface area contributed by atoms with Crippen LogP contribution in [0.1, 0.15) is 47.9 Å². The molecule has 0 fully saturated rings. The maximum Gasteiger partial charge on any atom is 0.0640 e. The summed E-state index contributed by atoms with van der Waals surface area (Å²) >= 11 is 1.90. The highest BCUT2D eigenvalue weighted by atomic mass is 32.1. The Morgan fingerprint density at radius 3 is 1.92 bits per heavy atom. The third kappa shape index (κ3) is 4.43. The second-order valence-corrected chi connectivity index (χ2v) is 16.2. The lowest BCUT2D eigenvalue weighted by Crippen LogP contribution is -2.17. The van der Waals surface area contributed by atoms with Gasteiger partial charge in [-0.05, 0) is 80.4 Å². The van der Waals surface area contributed by atoms with Crippen LogP contribution in [0.2, 0.25) is 0 Å². The molecule has 0 spiro atoms. The van der Waals surface area contributed by atoms with Crippen molar-refractivity contribution in [1.29, 1.82) is 0 Å². The molecule has 0 amide bonds. The molecule has 0 bridgehead atoms. The molecule has 2 unspecified atom stereocenters. The summed E-state index contributed by atoms with van der Waals surface area (Å²) in [5.74, 6) is 0.486. The Balaban J connectivity index is 1.23. The molecule has 11 rings (SSSR count). The normalized spacial score (nSPS) is 17.2. The Bertz CT molecular complexity index is 2850. The van der Waals surface area contributed by atoms with Gasteiger partial charge in [0.2, 0.25) is 0 Å². The third-order valence-electron chi connectivity index (χ3n) is 12.1. The van der Waals surface area contributed by atoms with Gasteiger partial charge in [-0.2, -0.15) is 0 Å². The Hall–Kier alpha value is -5.96. The zero-order valence-corrected chi connectivity index (χ0v) is 30.6. The molecule has 252 valence electrons. The minimum Gasteiger partial charge on any atom is -0.308 e. The van der Waals surface area contributed by atoms with Crippen LogP contribution in [0.4, 0.5) is 17.1 Å². The van der Waals surface area contributed by atoms with Gasteiger partial charge in [0, 0.05) is 44.0 Å². The summed E-state index contributed by atoms with van der Waals surface area (Å²) in [4.78, 5) is 2.57. The quantitative estimate of drug-likeness (QED) is 0.178. The van der Waals surface area contributed by atoms with Crippen molar-refractivity contribution in [2.45, 2.75) is 31.1 Å². The molecule has 3 aliphatic rings. The summed E-state index contributed by atoms with van der Waals surface area (Å²) in [6.07, 6.45) is 9.26. The van der Waals surface area contributed by atoms with Gasteiger partial charge in [-0.3, -0.25) is 0 Å². The molecule has 2 heteroatoms. The zero-order valence-electron chi connectivity index (χ0n) is 29.8. The van der Waals surface area contributed by atoms with E-state index in [1.165, 1.54) is 92.9 Å². The van der Waals surface area contributed by atoms with E-state index >= 15 is 0 Å². The zero-order chi connectivity index (χ0) is 35.3. The van der Waals surface area contributed by atoms with E-state index in [-0.39, 0.29) is 17.3 Å². The van der Waals surface area contributed by atoms with Gasteiger partial charge in [0.05, 0.1) is 16.1 Å². The highest BCUT2D eigenvalue weighted by Crippen LogP contribution is 2.56. The van der Waals surface area contributed by atoms with Crippen molar-refractivity contribution in [3.05, 3.63) is 198 Å². The van der Waals surface area contributed by atoms with Crippen molar-refractivity contribution in [2.75, 3.05) is 4.90 Å². The van der Waals surface area contributed by atoms with E-state index in [1.807, 2.05) is 11.3 Å². The summed E-state index contributed by atoms with van der Waals surface area (Å²) in [5, 5.41) is 2.62. The topological polar surface area (TPSA) is 3.24 Å². The first kappa shape index (κ1) is 30.6. The molecule has 1 heterocycles. The standard InChI is InChI=1S/C51H37NS/c1-51(2)44-24-11-9-22-42(44)49-45(51)25-14-26-46(49)52(47-27-13-23-41-40-21-10-12-28-48(40)53-50(41)47)32-29-30-39-37-19-6-5-17-35(37)33-15-3-4-16-34(33)36-18-7-8-20-38(36)43(39)31-32/h3-31,35,37H,1-2H3. The predicted octanol–water partition coefficient (Wildman–Crippen LogP) is 14.5. The van der Waals surface area contributed by atoms with Crippen LogP contribution in [0, 0.1) is 0 Å². The Kier molecular flexibility index (Phi) is 6.66. The van der Waals surface area contributed by atoms with Crippen LogP contribution < -0.4 is 4.90 Å². The lowest BCUT2D eigenvalue weighted by molar-refractivity contribution is 0.660. The summed E-state index contributed by atoms with van der Waals surface area (Å²) in [6.45, 7) is 4.75. The van der Waals surface area contributed by atoms with Crippen LogP contribution in [0.25, 0.3) is 53.6 Å². The van der Waals surface area contributed by atoms with Crippen molar-refractivity contribution in [1.82, 2.24) is 0 Å². The summed E-state index contributed by atoms with van der Waals surface area (Å²) in [5.41, 5.74) is 16.8. The van der Waals surface area contributed by atoms with Crippen LogP contribution in [0.15, 0.2) is 176 Å². The number of hydrogen-bond donors (Lipinski definition) is 0. The summed E-state index contributed by atoms with van der Waals surface area (Å²) in [6, 6.07) is 57.0. The Morgan fingerprint density at radius 1 is 0.491 bits per heavy atom. The predicted molar refractivity (Wildman–Crippen MR) is 226 cm³/mol. The number of benzene rings is 7. The van der Waals surface area contributed by atoms with Crippen LogP contribution in [0.3, 0.4) is 0 Å². The first-order valence-electron chi connectivity index (χ1n) is 18.7. The highest BCUT2D eigenvalue weighted by Gasteiger charge is 2.38. The molecule has 8 aromatic rings. The molecular formula is C51H37NS. The lowest BCUT2D eigenvalue weighted by atomic mass is 9.71. The maximum atomic E-state index is 2.57. The average Bonchev–Trinajstić information content (AvgIpc) is 3.70. The number of allylic oxidation sites excluding steroid dienone is 4. The van der Waals surface area contributed by atoms with E-state index in [9.17, 15) is 0 Å². The summed E-state index contributed by atoms with van der Waals surface area (Å²) < 4.78 is 2.62. The molecule has 2 atom stereocenters. The number of fused-ring (bicyclic) bond motifs is 14. The number of hydrogen-bond acceptors (Lipinski definition) is 2. The van der Waals surface area contributed by atoms with E-state index < -0.39 is 0 Å². The van der Waals surface area contributed by atoms with E-state index in [0.717, 1.165) is 0 Å². The molecule has 1 aromatic heterocycles. The molecular weight excluding hydrogens is 659 g/mol. The molecule has 7 aromatic carbocycles. The van der Waals surface area contributed by atoms with Crippen molar-refractivity contribution < 1.29 is 0 Å². The third-order valence-corrected chi connectivity index (χ3v) is 13.3. The van der Waals surface area contributed by atoms with Gasteiger partial charge in [0.15, 0.2) is 0 Å². The Morgan fingerprint density at radius 2 is 1.09 bits per heavy atom. The second kappa shape index (κ2) is 11.5. The van der Waals surface area contributed by atoms with Gasteiger partial charge < -0.3 is 4.90 Å². The van der Waals surface area contributed by atoms with E-state index in [2.05, 4.69) is 195 Å². The molecule has 0 radical (unpaired) electrons. The van der Waals surface area contributed by atoms with Crippen LogP contribution in [-0.2, 0) is 5.41 Å². The molecule has 3 aliphatic carbocycles. The number of anilines is 3. The number of nitrogens with zero attached hydrogens (tertiary/aromatic N) is 1. The van der Waals surface area contributed by atoms with E-state index in [1.54, 1.807) is 0 Å². The fourth-order valence-electron chi connectivity index (χ4n) is 9.63. The number of thiophene rings is 1. The highest BCUT2D eigenvalue weighted by molar-refractivity contribution is 7.26. The van der Waals surface area contributed by atoms with Crippen LogP contribution in [0.5, 0.6) is 0 Å². The monoisotopic (exact) mass is 695 g/mol. The van der Waals surface area contributed by atoms with Crippen molar-refractivity contribution in [2.24, 2.45) is 0 Å². The SMILES string of the molecule is CC1(C)c2ccccc2-c2c(N(c3ccc4c(c3)-c3ccccc3-c3ccccc3C3C=CC=CC43)c3cccc4c3sc3ccccc34)cccc21. The summed E-state index contributed by atoms with van der Waals surface area (Å²) in [7, 11) is 0. The fourth-order valence-corrected chi connectivity index (χ4v) is 10.8. The van der Waals surface area contributed by atoms with Gasteiger partial charge in [0.1, 0.15) is 0 Å². The molecule has 1 nitrogen and oxygen atoms in total. The minimum atomic E-state index is -0.106. The Labute approximate surface area is 314 Å². The van der Waals surface area contributed by atoms with Gasteiger partial charge in [0.25, 0.3) is 0 Å². The van der Waals surface area contributed by atoms with Crippen LogP contribution in [-0.4, -0.2) is 0 Å². The smallest absolute Gasteiger partial charge is 0.0640 e. The fraction of sp³-hybridized carbons (Fsp3) is 0.0980.